The molecule has 0 atom stereocenters. The van der Waals surface area contributed by atoms with E-state index in [-0.39, 0.29) is 0 Å². The van der Waals surface area contributed by atoms with Crippen molar-refractivity contribution < 1.29 is 0 Å². The van der Waals surface area contributed by atoms with Crippen molar-refractivity contribution in [1.82, 2.24) is 15.0 Å². The van der Waals surface area contributed by atoms with Crippen molar-refractivity contribution in [3.8, 4) is 0 Å². The molecule has 0 aliphatic heterocycles. The van der Waals surface area contributed by atoms with E-state index in [1.165, 1.54) is 5.56 Å². The van der Waals surface area contributed by atoms with E-state index < -0.39 is 0 Å². The van der Waals surface area contributed by atoms with E-state index >= 15 is 0 Å². The minimum absolute atomic E-state index is 0.835. The Bertz CT molecular complexity index is 451. The van der Waals surface area contributed by atoms with Crippen molar-refractivity contribution in [2.45, 2.75) is 24.8 Å². The minimum atomic E-state index is 0.835. The molecule has 0 spiro atoms. The first-order chi connectivity index (χ1) is 7.74. The number of hydrogen-bond donors (Lipinski definition) is 0. The SMILES string of the molecule is Cc1cc(C)nc(SCc2cccnc2)n1. The first-order valence-electron chi connectivity index (χ1n) is 5.08. The summed E-state index contributed by atoms with van der Waals surface area (Å²) >= 11 is 1.64. The van der Waals surface area contributed by atoms with Crippen LogP contribution in [-0.2, 0) is 5.75 Å². The number of pyridine rings is 1. The second-order valence-electron chi connectivity index (χ2n) is 3.58. The van der Waals surface area contributed by atoms with Gasteiger partial charge in [-0.15, -0.1) is 0 Å². The van der Waals surface area contributed by atoms with Gasteiger partial charge in [-0.05, 0) is 31.5 Å². The average molecular weight is 231 g/mol. The van der Waals surface area contributed by atoms with Crippen LogP contribution in [0.5, 0.6) is 0 Å². The van der Waals surface area contributed by atoms with Gasteiger partial charge in [-0.3, -0.25) is 4.98 Å². The number of hydrogen-bond acceptors (Lipinski definition) is 4. The van der Waals surface area contributed by atoms with Gasteiger partial charge in [-0.2, -0.15) is 0 Å². The summed E-state index contributed by atoms with van der Waals surface area (Å²) in [5.74, 6) is 0.858. The van der Waals surface area contributed by atoms with Crippen LogP contribution >= 0.6 is 11.8 Å². The fraction of sp³-hybridized carbons (Fsp3) is 0.250. The van der Waals surface area contributed by atoms with Gasteiger partial charge in [-0.1, -0.05) is 17.8 Å². The summed E-state index contributed by atoms with van der Waals surface area (Å²) in [6.07, 6.45) is 3.65. The van der Waals surface area contributed by atoms with Crippen molar-refractivity contribution >= 4 is 11.8 Å². The van der Waals surface area contributed by atoms with E-state index in [1.54, 1.807) is 18.0 Å². The maximum Gasteiger partial charge on any atom is 0.188 e. The molecule has 0 bridgehead atoms. The highest BCUT2D eigenvalue weighted by atomic mass is 32.2. The molecule has 2 heterocycles. The molecule has 0 fully saturated rings. The van der Waals surface area contributed by atoms with E-state index in [0.717, 1.165) is 22.3 Å². The van der Waals surface area contributed by atoms with Crippen LogP contribution in [0.15, 0.2) is 35.7 Å². The fourth-order valence-corrected chi connectivity index (χ4v) is 2.27. The molecule has 0 aromatic carbocycles. The van der Waals surface area contributed by atoms with Crippen LogP contribution in [0.25, 0.3) is 0 Å². The van der Waals surface area contributed by atoms with E-state index in [0.29, 0.717) is 0 Å². The topological polar surface area (TPSA) is 38.7 Å². The number of rotatable bonds is 3. The zero-order valence-electron chi connectivity index (χ0n) is 9.34. The normalized spacial score (nSPS) is 10.4. The van der Waals surface area contributed by atoms with Crippen molar-refractivity contribution in [3.05, 3.63) is 47.5 Å². The van der Waals surface area contributed by atoms with Gasteiger partial charge in [0.2, 0.25) is 0 Å². The molecule has 2 rings (SSSR count). The Hall–Kier alpha value is -1.42. The molecule has 0 radical (unpaired) electrons. The van der Waals surface area contributed by atoms with E-state index in [4.69, 9.17) is 0 Å². The highest BCUT2D eigenvalue weighted by Crippen LogP contribution is 2.18. The van der Waals surface area contributed by atoms with Gasteiger partial charge in [0.05, 0.1) is 0 Å². The quantitative estimate of drug-likeness (QED) is 0.601. The Morgan fingerprint density at radius 1 is 1.19 bits per heavy atom. The van der Waals surface area contributed by atoms with Gasteiger partial charge in [0, 0.05) is 29.5 Å². The summed E-state index contributed by atoms with van der Waals surface area (Å²) in [7, 11) is 0. The zero-order valence-corrected chi connectivity index (χ0v) is 10.2. The molecule has 0 amide bonds. The smallest absolute Gasteiger partial charge is 0.188 e. The third-order valence-electron chi connectivity index (χ3n) is 2.05. The number of aryl methyl sites for hydroxylation is 2. The van der Waals surface area contributed by atoms with Gasteiger partial charge >= 0.3 is 0 Å². The second-order valence-corrected chi connectivity index (χ2v) is 4.53. The lowest BCUT2D eigenvalue weighted by molar-refractivity contribution is 0.901. The maximum atomic E-state index is 4.38. The Morgan fingerprint density at radius 3 is 2.56 bits per heavy atom. The molecule has 0 saturated carbocycles. The summed E-state index contributed by atoms with van der Waals surface area (Å²) in [6, 6.07) is 5.98. The van der Waals surface area contributed by atoms with Crippen molar-refractivity contribution in [3.63, 3.8) is 0 Å². The Kier molecular flexibility index (Phi) is 3.51. The third-order valence-corrected chi connectivity index (χ3v) is 2.97. The molecule has 0 aliphatic carbocycles. The average Bonchev–Trinajstić information content (AvgIpc) is 2.27. The molecule has 0 unspecified atom stereocenters. The lowest BCUT2D eigenvalue weighted by Crippen LogP contribution is -1.93. The monoisotopic (exact) mass is 231 g/mol. The van der Waals surface area contributed by atoms with Crippen molar-refractivity contribution in [1.29, 1.82) is 0 Å². The Labute approximate surface area is 99.4 Å². The first-order valence-corrected chi connectivity index (χ1v) is 6.06. The van der Waals surface area contributed by atoms with Gasteiger partial charge in [-0.25, -0.2) is 9.97 Å². The summed E-state index contributed by atoms with van der Waals surface area (Å²) in [5.41, 5.74) is 3.22. The second kappa shape index (κ2) is 5.07. The molecule has 4 heteroatoms. The molecule has 0 aliphatic rings. The van der Waals surface area contributed by atoms with Gasteiger partial charge in [0.1, 0.15) is 0 Å². The van der Waals surface area contributed by atoms with Gasteiger partial charge in [0.25, 0.3) is 0 Å². The zero-order chi connectivity index (χ0) is 11.4. The fourth-order valence-electron chi connectivity index (χ4n) is 1.39. The summed E-state index contributed by atoms with van der Waals surface area (Å²) in [6.45, 7) is 3.98. The summed E-state index contributed by atoms with van der Waals surface area (Å²) < 4.78 is 0. The molecular weight excluding hydrogens is 218 g/mol. The first kappa shape index (κ1) is 11.1. The number of thioether (sulfide) groups is 1. The van der Waals surface area contributed by atoms with Crippen LogP contribution in [0, 0.1) is 13.8 Å². The molecule has 0 N–H and O–H groups in total. The molecule has 16 heavy (non-hydrogen) atoms. The molecule has 3 nitrogen and oxygen atoms in total. The summed E-state index contributed by atoms with van der Waals surface area (Å²) in [4.78, 5) is 12.8. The maximum absolute atomic E-state index is 4.38. The van der Waals surface area contributed by atoms with E-state index in [2.05, 4.69) is 21.0 Å². The van der Waals surface area contributed by atoms with Crippen molar-refractivity contribution in [2.75, 3.05) is 0 Å². The highest BCUT2D eigenvalue weighted by Gasteiger charge is 2.01. The largest absolute Gasteiger partial charge is 0.264 e. The lowest BCUT2D eigenvalue weighted by Gasteiger charge is -2.02. The standard InChI is InChI=1S/C12H13N3S/c1-9-6-10(2)15-12(14-9)16-8-11-4-3-5-13-7-11/h3-7H,8H2,1-2H3. The summed E-state index contributed by atoms with van der Waals surface area (Å²) in [5, 5.41) is 0.835. The molecule has 2 aromatic rings. The molecule has 82 valence electrons. The van der Waals surface area contributed by atoms with Crippen LogP contribution in [0.3, 0.4) is 0 Å². The predicted octanol–water partition coefficient (Wildman–Crippen LogP) is 2.78. The van der Waals surface area contributed by atoms with Crippen molar-refractivity contribution in [2.24, 2.45) is 0 Å². The van der Waals surface area contributed by atoms with Crippen LogP contribution in [0.4, 0.5) is 0 Å². The van der Waals surface area contributed by atoms with Crippen LogP contribution < -0.4 is 0 Å². The molecule has 2 aromatic heterocycles. The predicted molar refractivity (Wildman–Crippen MR) is 65.3 cm³/mol. The Morgan fingerprint density at radius 2 is 1.94 bits per heavy atom. The van der Waals surface area contributed by atoms with E-state index in [1.807, 2.05) is 32.2 Å². The lowest BCUT2D eigenvalue weighted by atomic mass is 10.3. The Balaban J connectivity index is 2.05. The molecular formula is C12H13N3S. The third kappa shape index (κ3) is 3.03. The van der Waals surface area contributed by atoms with Gasteiger partial charge < -0.3 is 0 Å². The molecule has 0 saturated heterocycles. The number of nitrogens with zero attached hydrogens (tertiary/aromatic N) is 3. The number of aromatic nitrogens is 3. The highest BCUT2D eigenvalue weighted by molar-refractivity contribution is 7.98. The minimum Gasteiger partial charge on any atom is -0.264 e. The van der Waals surface area contributed by atoms with Gasteiger partial charge in [0.15, 0.2) is 5.16 Å². The van der Waals surface area contributed by atoms with Crippen LogP contribution in [0.2, 0.25) is 0 Å². The van der Waals surface area contributed by atoms with E-state index in [9.17, 15) is 0 Å². The van der Waals surface area contributed by atoms with Crippen LogP contribution in [0.1, 0.15) is 17.0 Å². The van der Waals surface area contributed by atoms with Crippen LogP contribution in [-0.4, -0.2) is 15.0 Å².